The van der Waals surface area contributed by atoms with E-state index in [-0.39, 0.29) is 0 Å². The van der Waals surface area contributed by atoms with E-state index in [2.05, 4.69) is 9.97 Å². The summed E-state index contributed by atoms with van der Waals surface area (Å²) >= 11 is 0. The zero-order chi connectivity index (χ0) is 13.1. The van der Waals surface area contributed by atoms with E-state index in [9.17, 15) is 0 Å². The van der Waals surface area contributed by atoms with Crippen molar-refractivity contribution in [3.63, 3.8) is 0 Å². The number of aryl methyl sites for hydroxylation is 3. The van der Waals surface area contributed by atoms with Gasteiger partial charge in [0.25, 0.3) is 0 Å². The second-order valence-electron chi connectivity index (χ2n) is 4.24. The molecule has 4 heteroatoms. The first kappa shape index (κ1) is 12.4. The van der Waals surface area contributed by atoms with Crippen molar-refractivity contribution < 1.29 is 4.74 Å². The topological polar surface area (TPSA) is 61.0 Å². The molecular formula is C14H17N3O. The Bertz CT molecular complexity index is 567. The molecule has 1 aromatic carbocycles. The smallest absolute Gasteiger partial charge is 0.222 e. The Labute approximate surface area is 107 Å². The summed E-state index contributed by atoms with van der Waals surface area (Å²) in [6.07, 6.45) is 0.850. The molecule has 0 amide bonds. The Morgan fingerprint density at radius 2 is 1.94 bits per heavy atom. The lowest BCUT2D eigenvalue weighted by molar-refractivity contribution is 0.460. The van der Waals surface area contributed by atoms with Crippen LogP contribution in [-0.4, -0.2) is 9.97 Å². The van der Waals surface area contributed by atoms with E-state index in [4.69, 9.17) is 10.5 Å². The molecule has 0 unspecified atom stereocenters. The number of nitrogen functional groups attached to an aromatic ring is 1. The van der Waals surface area contributed by atoms with E-state index in [1.807, 2.05) is 45.0 Å². The molecule has 0 saturated carbocycles. The summed E-state index contributed by atoms with van der Waals surface area (Å²) in [6.45, 7) is 5.90. The zero-order valence-electron chi connectivity index (χ0n) is 10.9. The van der Waals surface area contributed by atoms with Gasteiger partial charge >= 0.3 is 0 Å². The first-order chi connectivity index (χ1) is 8.58. The first-order valence-electron chi connectivity index (χ1n) is 5.97. The van der Waals surface area contributed by atoms with Crippen LogP contribution in [0.4, 0.5) is 5.69 Å². The van der Waals surface area contributed by atoms with Crippen molar-refractivity contribution in [1.82, 2.24) is 9.97 Å². The highest BCUT2D eigenvalue weighted by molar-refractivity contribution is 5.54. The van der Waals surface area contributed by atoms with Crippen LogP contribution in [-0.2, 0) is 6.42 Å². The number of aromatic nitrogens is 2. The minimum absolute atomic E-state index is 0.539. The highest BCUT2D eigenvalue weighted by Gasteiger charge is 2.06. The molecule has 94 valence electrons. The second kappa shape index (κ2) is 5.04. The molecule has 0 radical (unpaired) electrons. The first-order valence-corrected chi connectivity index (χ1v) is 5.97. The number of nitrogens with zero attached hydrogens (tertiary/aromatic N) is 2. The van der Waals surface area contributed by atoms with Crippen molar-refractivity contribution >= 4 is 5.69 Å². The molecule has 1 aromatic heterocycles. The molecule has 0 atom stereocenters. The van der Waals surface area contributed by atoms with E-state index in [0.717, 1.165) is 17.7 Å². The number of ether oxygens (including phenoxy) is 1. The van der Waals surface area contributed by atoms with Gasteiger partial charge in [-0.25, -0.2) is 4.98 Å². The van der Waals surface area contributed by atoms with Crippen LogP contribution in [0.1, 0.15) is 24.0 Å². The molecule has 2 rings (SSSR count). The van der Waals surface area contributed by atoms with Crippen molar-refractivity contribution in [1.29, 1.82) is 0 Å². The summed E-state index contributed by atoms with van der Waals surface area (Å²) in [5, 5.41) is 0. The number of nitrogens with two attached hydrogens (primary N) is 1. The van der Waals surface area contributed by atoms with Crippen LogP contribution in [0.15, 0.2) is 24.3 Å². The highest BCUT2D eigenvalue weighted by Crippen LogP contribution is 2.27. The van der Waals surface area contributed by atoms with Crippen molar-refractivity contribution in [3.8, 4) is 11.6 Å². The Morgan fingerprint density at radius 3 is 2.67 bits per heavy atom. The van der Waals surface area contributed by atoms with E-state index in [0.29, 0.717) is 23.1 Å². The van der Waals surface area contributed by atoms with Gasteiger partial charge in [-0.3, -0.25) is 0 Å². The molecule has 18 heavy (non-hydrogen) atoms. The van der Waals surface area contributed by atoms with Crippen LogP contribution in [0, 0.1) is 13.8 Å². The van der Waals surface area contributed by atoms with Gasteiger partial charge in [0, 0.05) is 11.8 Å². The normalized spacial score (nSPS) is 10.4. The standard InChI is InChI=1S/C14H17N3O/c1-4-11-8-14(17-10(3)16-11)18-13-7-9(2)5-6-12(13)15/h5-8H,4,15H2,1-3H3. The summed E-state index contributed by atoms with van der Waals surface area (Å²) in [6, 6.07) is 7.53. The molecule has 1 heterocycles. The summed E-state index contributed by atoms with van der Waals surface area (Å²) in [5.41, 5.74) is 8.54. The number of hydrogen-bond acceptors (Lipinski definition) is 4. The average Bonchev–Trinajstić information content (AvgIpc) is 2.33. The fraction of sp³-hybridized carbons (Fsp3) is 0.286. The number of hydrogen-bond donors (Lipinski definition) is 1. The van der Waals surface area contributed by atoms with E-state index in [1.54, 1.807) is 0 Å². The molecule has 0 bridgehead atoms. The predicted octanol–water partition coefficient (Wildman–Crippen LogP) is 3.03. The van der Waals surface area contributed by atoms with Gasteiger partial charge < -0.3 is 10.5 Å². The van der Waals surface area contributed by atoms with Gasteiger partial charge in [0.15, 0.2) is 5.75 Å². The lowest BCUT2D eigenvalue weighted by Crippen LogP contribution is -1.99. The van der Waals surface area contributed by atoms with Gasteiger partial charge in [0.1, 0.15) is 5.82 Å². The fourth-order valence-corrected chi connectivity index (χ4v) is 1.68. The summed E-state index contributed by atoms with van der Waals surface area (Å²) in [5.74, 6) is 1.88. The summed E-state index contributed by atoms with van der Waals surface area (Å²) < 4.78 is 5.74. The van der Waals surface area contributed by atoms with Crippen LogP contribution in [0.2, 0.25) is 0 Å². The third kappa shape index (κ3) is 2.77. The Balaban J connectivity index is 2.33. The Hall–Kier alpha value is -2.10. The van der Waals surface area contributed by atoms with Crippen molar-refractivity contribution in [2.45, 2.75) is 27.2 Å². The largest absolute Gasteiger partial charge is 0.437 e. The van der Waals surface area contributed by atoms with Crippen LogP contribution in [0.5, 0.6) is 11.6 Å². The van der Waals surface area contributed by atoms with Crippen LogP contribution in [0.25, 0.3) is 0 Å². The molecule has 0 saturated heterocycles. The van der Waals surface area contributed by atoms with Gasteiger partial charge in [0.05, 0.1) is 5.69 Å². The van der Waals surface area contributed by atoms with Crippen LogP contribution >= 0.6 is 0 Å². The van der Waals surface area contributed by atoms with Crippen molar-refractivity contribution in [2.75, 3.05) is 5.73 Å². The van der Waals surface area contributed by atoms with Gasteiger partial charge in [-0.15, -0.1) is 0 Å². The molecule has 0 aliphatic carbocycles. The monoisotopic (exact) mass is 243 g/mol. The highest BCUT2D eigenvalue weighted by atomic mass is 16.5. The predicted molar refractivity (Wildman–Crippen MR) is 71.8 cm³/mol. The van der Waals surface area contributed by atoms with Crippen molar-refractivity contribution in [2.24, 2.45) is 0 Å². The van der Waals surface area contributed by atoms with E-state index < -0.39 is 0 Å². The van der Waals surface area contributed by atoms with E-state index in [1.165, 1.54) is 0 Å². The third-order valence-corrected chi connectivity index (χ3v) is 2.61. The maximum Gasteiger partial charge on any atom is 0.222 e. The van der Waals surface area contributed by atoms with Crippen LogP contribution in [0.3, 0.4) is 0 Å². The summed E-state index contributed by atoms with van der Waals surface area (Å²) in [7, 11) is 0. The second-order valence-corrected chi connectivity index (χ2v) is 4.24. The van der Waals surface area contributed by atoms with E-state index >= 15 is 0 Å². The quantitative estimate of drug-likeness (QED) is 0.842. The molecule has 4 nitrogen and oxygen atoms in total. The number of anilines is 1. The number of rotatable bonds is 3. The SMILES string of the molecule is CCc1cc(Oc2cc(C)ccc2N)nc(C)n1. The Morgan fingerprint density at radius 1 is 1.17 bits per heavy atom. The van der Waals surface area contributed by atoms with Gasteiger partial charge in [-0.05, 0) is 38.0 Å². The molecule has 0 aliphatic heterocycles. The Kier molecular flexibility index (Phi) is 3.46. The molecule has 2 aromatic rings. The van der Waals surface area contributed by atoms with Gasteiger partial charge in [-0.1, -0.05) is 13.0 Å². The fourth-order valence-electron chi connectivity index (χ4n) is 1.68. The van der Waals surface area contributed by atoms with Gasteiger partial charge in [-0.2, -0.15) is 4.98 Å². The lowest BCUT2D eigenvalue weighted by Gasteiger charge is -2.09. The molecule has 0 fully saturated rings. The number of benzene rings is 1. The maximum atomic E-state index is 5.88. The maximum absolute atomic E-state index is 5.88. The minimum Gasteiger partial charge on any atom is -0.437 e. The molecule has 0 aliphatic rings. The zero-order valence-corrected chi connectivity index (χ0v) is 10.9. The van der Waals surface area contributed by atoms with Gasteiger partial charge in [0.2, 0.25) is 5.88 Å². The minimum atomic E-state index is 0.539. The summed E-state index contributed by atoms with van der Waals surface area (Å²) in [4.78, 5) is 8.57. The van der Waals surface area contributed by atoms with Crippen LogP contribution < -0.4 is 10.5 Å². The lowest BCUT2D eigenvalue weighted by atomic mass is 10.2. The molecule has 0 spiro atoms. The van der Waals surface area contributed by atoms with Crippen molar-refractivity contribution in [3.05, 3.63) is 41.3 Å². The average molecular weight is 243 g/mol. The molecule has 2 N–H and O–H groups in total. The third-order valence-electron chi connectivity index (χ3n) is 2.61. The molecular weight excluding hydrogens is 226 g/mol.